The van der Waals surface area contributed by atoms with E-state index in [1.165, 1.54) is 0 Å². The van der Waals surface area contributed by atoms with Gasteiger partial charge in [0.05, 0.1) is 5.69 Å². The molecule has 1 rings (SSSR count). The van der Waals surface area contributed by atoms with E-state index in [2.05, 4.69) is 36.1 Å². The second kappa shape index (κ2) is 7.44. The van der Waals surface area contributed by atoms with E-state index in [1.807, 2.05) is 19.9 Å². The molecule has 4 nitrogen and oxygen atoms in total. The van der Waals surface area contributed by atoms with Gasteiger partial charge in [0.2, 0.25) is 0 Å². The molecule has 0 aliphatic carbocycles. The lowest BCUT2D eigenvalue weighted by molar-refractivity contribution is 0.0532. The summed E-state index contributed by atoms with van der Waals surface area (Å²) in [6.07, 6.45) is 0.904. The van der Waals surface area contributed by atoms with Crippen LogP contribution < -0.4 is 5.32 Å². The normalized spacial score (nSPS) is 13.0. The highest BCUT2D eigenvalue weighted by atomic mass is 16.5. The summed E-state index contributed by atoms with van der Waals surface area (Å²) in [6, 6.07) is 2.48. The van der Waals surface area contributed by atoms with Crippen molar-refractivity contribution in [2.75, 3.05) is 6.61 Å². The molecule has 0 aliphatic rings. The van der Waals surface area contributed by atoms with E-state index in [0.29, 0.717) is 12.6 Å². The molecular formula is C14H25N3O. The van der Waals surface area contributed by atoms with Crippen molar-refractivity contribution in [2.45, 2.75) is 59.7 Å². The van der Waals surface area contributed by atoms with Gasteiger partial charge in [-0.3, -0.25) is 0 Å². The zero-order chi connectivity index (χ0) is 13.5. The minimum Gasteiger partial charge on any atom is -0.371 e. The first kappa shape index (κ1) is 15.1. The second-order valence-corrected chi connectivity index (χ2v) is 4.75. The molecule has 102 valence electrons. The van der Waals surface area contributed by atoms with Crippen LogP contribution in [0.2, 0.25) is 0 Å². The van der Waals surface area contributed by atoms with Gasteiger partial charge in [-0.15, -0.1) is 0 Å². The Labute approximate surface area is 110 Å². The maximum atomic E-state index is 5.67. The molecule has 0 radical (unpaired) electrons. The lowest BCUT2D eigenvalue weighted by Gasteiger charge is -2.15. The van der Waals surface area contributed by atoms with Crippen LogP contribution in [0.5, 0.6) is 0 Å². The summed E-state index contributed by atoms with van der Waals surface area (Å²) >= 11 is 0. The van der Waals surface area contributed by atoms with Crippen LogP contribution in [0.4, 0.5) is 0 Å². The standard InChI is InChI=1S/C14H25N3O/c1-6-13(18-7-2)14-16-11(5)8-12(17-14)9-15-10(3)4/h8,10,13,15H,6-7,9H2,1-5H3. The van der Waals surface area contributed by atoms with Gasteiger partial charge in [0, 0.05) is 24.9 Å². The van der Waals surface area contributed by atoms with Gasteiger partial charge in [0.1, 0.15) is 6.10 Å². The first-order valence-electron chi connectivity index (χ1n) is 6.76. The van der Waals surface area contributed by atoms with Crippen LogP contribution in [0.3, 0.4) is 0 Å². The Kier molecular flexibility index (Phi) is 6.22. The maximum absolute atomic E-state index is 5.67. The Balaban J connectivity index is 2.85. The second-order valence-electron chi connectivity index (χ2n) is 4.75. The van der Waals surface area contributed by atoms with Crippen molar-refractivity contribution < 1.29 is 4.74 Å². The molecule has 0 aromatic carbocycles. The van der Waals surface area contributed by atoms with Gasteiger partial charge in [-0.25, -0.2) is 9.97 Å². The molecule has 1 heterocycles. The van der Waals surface area contributed by atoms with Gasteiger partial charge in [0.25, 0.3) is 0 Å². The molecule has 0 fully saturated rings. The number of aryl methyl sites for hydroxylation is 1. The minimum absolute atomic E-state index is 0.00713. The predicted molar refractivity (Wildman–Crippen MR) is 73.4 cm³/mol. The zero-order valence-electron chi connectivity index (χ0n) is 12.2. The maximum Gasteiger partial charge on any atom is 0.157 e. The zero-order valence-corrected chi connectivity index (χ0v) is 12.2. The Hall–Kier alpha value is -1.00. The first-order valence-corrected chi connectivity index (χ1v) is 6.76. The quantitative estimate of drug-likeness (QED) is 0.809. The molecule has 0 spiro atoms. The Morgan fingerprint density at radius 3 is 2.56 bits per heavy atom. The minimum atomic E-state index is 0.00713. The van der Waals surface area contributed by atoms with E-state index in [4.69, 9.17) is 4.74 Å². The lowest BCUT2D eigenvalue weighted by atomic mass is 10.2. The molecule has 4 heteroatoms. The number of hydrogen-bond donors (Lipinski definition) is 1. The summed E-state index contributed by atoms with van der Waals surface area (Å²) in [6.45, 7) is 11.8. The van der Waals surface area contributed by atoms with Gasteiger partial charge in [-0.1, -0.05) is 20.8 Å². The molecule has 1 atom stereocenters. The molecule has 1 N–H and O–H groups in total. The van der Waals surface area contributed by atoms with Crippen LogP contribution >= 0.6 is 0 Å². The van der Waals surface area contributed by atoms with Crippen LogP contribution in [0, 0.1) is 6.92 Å². The third-order valence-electron chi connectivity index (χ3n) is 2.64. The molecular weight excluding hydrogens is 226 g/mol. The van der Waals surface area contributed by atoms with Crippen molar-refractivity contribution in [1.29, 1.82) is 0 Å². The van der Waals surface area contributed by atoms with Crippen molar-refractivity contribution in [1.82, 2.24) is 15.3 Å². The van der Waals surface area contributed by atoms with E-state index in [-0.39, 0.29) is 6.10 Å². The Morgan fingerprint density at radius 1 is 1.28 bits per heavy atom. The van der Waals surface area contributed by atoms with Gasteiger partial charge in [-0.2, -0.15) is 0 Å². The monoisotopic (exact) mass is 251 g/mol. The average molecular weight is 251 g/mol. The fourth-order valence-electron chi connectivity index (χ4n) is 1.78. The highest BCUT2D eigenvalue weighted by Crippen LogP contribution is 2.17. The largest absolute Gasteiger partial charge is 0.371 e. The topological polar surface area (TPSA) is 47.0 Å². The van der Waals surface area contributed by atoms with E-state index in [9.17, 15) is 0 Å². The highest BCUT2D eigenvalue weighted by Gasteiger charge is 2.13. The Morgan fingerprint density at radius 2 is 2.00 bits per heavy atom. The van der Waals surface area contributed by atoms with Crippen LogP contribution in [-0.2, 0) is 11.3 Å². The molecule has 0 saturated heterocycles. The summed E-state index contributed by atoms with van der Waals surface area (Å²) in [5.41, 5.74) is 2.03. The molecule has 18 heavy (non-hydrogen) atoms. The molecule has 1 aromatic heterocycles. The fraction of sp³-hybridized carbons (Fsp3) is 0.714. The van der Waals surface area contributed by atoms with Gasteiger partial charge in [0.15, 0.2) is 5.82 Å². The van der Waals surface area contributed by atoms with Crippen LogP contribution in [-0.4, -0.2) is 22.6 Å². The van der Waals surface area contributed by atoms with E-state index >= 15 is 0 Å². The van der Waals surface area contributed by atoms with E-state index in [1.54, 1.807) is 0 Å². The number of rotatable bonds is 7. The molecule has 1 aromatic rings. The van der Waals surface area contributed by atoms with Crippen LogP contribution in [0.1, 0.15) is 57.4 Å². The van der Waals surface area contributed by atoms with Gasteiger partial charge in [-0.05, 0) is 26.3 Å². The number of aromatic nitrogens is 2. The lowest BCUT2D eigenvalue weighted by Crippen LogP contribution is -2.23. The molecule has 0 bridgehead atoms. The number of hydrogen-bond acceptors (Lipinski definition) is 4. The number of nitrogens with one attached hydrogen (secondary N) is 1. The fourth-order valence-corrected chi connectivity index (χ4v) is 1.78. The van der Waals surface area contributed by atoms with Crippen molar-refractivity contribution in [3.05, 3.63) is 23.3 Å². The average Bonchev–Trinajstić information content (AvgIpc) is 2.32. The van der Waals surface area contributed by atoms with Crippen molar-refractivity contribution in [3.63, 3.8) is 0 Å². The number of ether oxygens (including phenoxy) is 1. The van der Waals surface area contributed by atoms with Crippen LogP contribution in [0.15, 0.2) is 6.07 Å². The van der Waals surface area contributed by atoms with Gasteiger partial charge >= 0.3 is 0 Å². The van der Waals surface area contributed by atoms with Crippen LogP contribution in [0.25, 0.3) is 0 Å². The number of nitrogens with zero attached hydrogens (tertiary/aromatic N) is 2. The summed E-state index contributed by atoms with van der Waals surface area (Å²) in [5, 5.41) is 3.37. The van der Waals surface area contributed by atoms with Crippen molar-refractivity contribution in [3.8, 4) is 0 Å². The summed E-state index contributed by atoms with van der Waals surface area (Å²) in [5.74, 6) is 0.805. The highest BCUT2D eigenvalue weighted by molar-refractivity contribution is 5.11. The van der Waals surface area contributed by atoms with Gasteiger partial charge < -0.3 is 10.1 Å². The van der Waals surface area contributed by atoms with E-state index < -0.39 is 0 Å². The summed E-state index contributed by atoms with van der Waals surface area (Å²) in [7, 11) is 0. The summed E-state index contributed by atoms with van der Waals surface area (Å²) < 4.78 is 5.67. The molecule has 1 unspecified atom stereocenters. The van der Waals surface area contributed by atoms with E-state index in [0.717, 1.165) is 30.2 Å². The third kappa shape index (κ3) is 4.70. The van der Waals surface area contributed by atoms with Crippen molar-refractivity contribution in [2.24, 2.45) is 0 Å². The summed E-state index contributed by atoms with van der Waals surface area (Å²) in [4.78, 5) is 9.08. The smallest absolute Gasteiger partial charge is 0.157 e. The SMILES string of the molecule is CCOC(CC)c1nc(C)cc(CNC(C)C)n1. The molecule has 0 amide bonds. The molecule has 0 aliphatic heterocycles. The molecule has 0 saturated carbocycles. The first-order chi connectivity index (χ1) is 8.56. The predicted octanol–water partition coefficient (Wildman–Crippen LogP) is 2.77. The Bertz CT molecular complexity index is 366. The van der Waals surface area contributed by atoms with Crippen molar-refractivity contribution >= 4 is 0 Å². The third-order valence-corrected chi connectivity index (χ3v) is 2.64.